The van der Waals surface area contributed by atoms with E-state index in [-0.39, 0.29) is 154 Å². The first-order chi connectivity index (χ1) is 54.9. The molecule has 7 N–H and O–H groups in total. The Morgan fingerprint density at radius 1 is 0.689 bits per heavy atom. The van der Waals surface area contributed by atoms with Gasteiger partial charge in [-0.15, -0.1) is 0 Å². The third-order valence-electron chi connectivity index (χ3n) is 17.4. The molecule has 35 nitrogen and oxygen atoms in total. The van der Waals surface area contributed by atoms with Gasteiger partial charge in [0.05, 0.1) is 82.0 Å². The fraction of sp³-hybridized carbons (Fsp3) is 0.197. The molecular weight excluding hydrogens is 1800 g/mol. The number of H-pyrrole nitrogens is 1. The van der Waals surface area contributed by atoms with Crippen molar-refractivity contribution in [3.05, 3.63) is 261 Å². The molecule has 3 amide bonds. The molecule has 9 atom stereocenters. The van der Waals surface area contributed by atoms with Crippen LogP contribution in [0.2, 0.25) is 20.9 Å². The minimum absolute atomic E-state index is 0. The summed E-state index contributed by atoms with van der Waals surface area (Å²) >= 11 is 23.1. The van der Waals surface area contributed by atoms with Gasteiger partial charge in [0.25, 0.3) is 40.7 Å². The monoisotopic (exact) mass is 1860 g/mol. The number of β-lactam (4-membered cyclic amide) rings is 2. The van der Waals surface area contributed by atoms with Crippen LogP contribution in [0, 0.1) is 44.4 Å². The summed E-state index contributed by atoms with van der Waals surface area (Å²) in [5, 5.41) is 22.4. The van der Waals surface area contributed by atoms with Crippen molar-refractivity contribution in [2.24, 2.45) is 28.1 Å². The molecule has 16 rings (SSSR count). The zero-order valence-corrected chi connectivity index (χ0v) is 75.3. The number of aliphatic hydroxyl groups excluding tert-OH is 2. The smallest absolute Gasteiger partial charge is 0.917 e. The third kappa shape index (κ3) is 25.5. The zero-order chi connectivity index (χ0) is 86.5. The van der Waals surface area contributed by atoms with Crippen LogP contribution in [0.5, 0.6) is 0 Å². The minimum atomic E-state index is -4.00. The number of sulfonamides is 2. The maximum Gasteiger partial charge on any atom is 1.00 e. The van der Waals surface area contributed by atoms with Gasteiger partial charge in [-0.2, -0.15) is 29.4 Å². The molecule has 0 spiro atoms. The quantitative estimate of drug-likeness (QED) is 0.00978. The molecule has 0 bridgehead atoms. The van der Waals surface area contributed by atoms with E-state index in [2.05, 4.69) is 108 Å². The Labute approximate surface area is 754 Å². The number of nitrogens with one attached hydrogen (secondary N) is 3. The van der Waals surface area contributed by atoms with Gasteiger partial charge in [-0.05, 0) is 109 Å². The van der Waals surface area contributed by atoms with E-state index < -0.39 is 84.9 Å². The number of carbonyl (C=O) groups is 3. The number of benzene rings is 3. The number of amides is 3. The van der Waals surface area contributed by atoms with E-state index in [1.807, 2.05) is 57.2 Å². The number of hydrogen-bond donors (Lipinski definition) is 6. The number of hydrogen-bond acceptors (Lipinski definition) is 28. The minimum Gasteiger partial charge on any atom is -0.917 e. The summed E-state index contributed by atoms with van der Waals surface area (Å²) in [5.41, 5.74) is 14.1. The van der Waals surface area contributed by atoms with Crippen LogP contribution in [-0.4, -0.2) is 155 Å². The van der Waals surface area contributed by atoms with Crippen LogP contribution in [0.1, 0.15) is 35.2 Å². The van der Waals surface area contributed by atoms with E-state index in [1.54, 1.807) is 69.8 Å². The van der Waals surface area contributed by atoms with Gasteiger partial charge in [-0.3, -0.25) is 24.2 Å². The molecule has 9 aromatic rings. The van der Waals surface area contributed by atoms with Crippen LogP contribution >= 0.6 is 67.8 Å². The van der Waals surface area contributed by atoms with Crippen molar-refractivity contribution in [1.29, 1.82) is 0 Å². The van der Waals surface area contributed by atoms with E-state index in [9.17, 15) is 63.1 Å². The van der Waals surface area contributed by atoms with E-state index in [0.29, 0.717) is 51.1 Å². The number of imidazole rings is 3. The van der Waals surface area contributed by atoms with Crippen molar-refractivity contribution in [1.82, 2.24) is 73.3 Å². The molecule has 0 radical (unpaired) electrons. The van der Waals surface area contributed by atoms with Crippen molar-refractivity contribution in [3.8, 4) is 0 Å². The molecule has 3 aromatic carbocycles. The van der Waals surface area contributed by atoms with E-state index in [4.69, 9.17) is 80.6 Å². The van der Waals surface area contributed by atoms with Crippen molar-refractivity contribution in [2.45, 2.75) is 72.1 Å². The molecular formula is C71H64Cl6N17Na2O18S5-. The zero-order valence-electron chi connectivity index (χ0n) is 62.7. The molecule has 5 aliphatic carbocycles. The van der Waals surface area contributed by atoms with Gasteiger partial charge in [-0.1, -0.05) is 186 Å². The van der Waals surface area contributed by atoms with Crippen molar-refractivity contribution >= 4 is 180 Å². The molecule has 119 heavy (non-hydrogen) atoms. The molecule has 3 fully saturated rings. The summed E-state index contributed by atoms with van der Waals surface area (Å²) in [5.74, 6) is -2.50. The molecule has 48 heteroatoms. The molecule has 8 heterocycles. The van der Waals surface area contributed by atoms with Crippen LogP contribution in [0.4, 0.5) is 5.95 Å². The standard InChI is InChI=1S/C19H15Cl2N5O3S.C14H13NO3S.C12H15N5O3.C7H7ClO2S.C7H7NO.C6H6.C5HCl2N4.CClNO3S.2Na.O3S/c1-10-3-5-12(6-4-10)30(28,29)25-18(27)13-7-8-14(11(13)2)26-9-22-15-16(20)23-19(21)24-17(15)26;1-9-3-6-11(7-4-9)19(17,18)15-12-8-5-10(2)13(12)14(15)16;1-5-6(3-18)8(19)2-7(5)17-4-14-9-10(17)15-12(13)16-11(9)20;1-6-2-4-7(5-3-6)11(8,9)10;1-4-2-3-5-6(4)7(9)8-5;1-6-4-2-3-5-6;6-3-2-4(9-1-8-2)11-5(7)10-3;2-7(5,6)3-1-4;;;1-4(2)3/h3-9,13-14H,2H2,1H3,(H,25,27);3-8,12-13H,2H2,1H3;4,6-8,18-19H,1-3H2,(H3,13,15,16,20);2-5H,1H3;2-3,5-6H,1H2,(H,8,9);2-5H,1H2;1H;;;;/q;;;;;;-1;;2*+1;-2/t;;6-,7-,8-;;;;;;;;/m..0......../s1. The first-order valence-electron chi connectivity index (χ1n) is 33.1. The molecule has 6 unspecified atom stereocenters. The molecule has 7 aliphatic rings. The van der Waals surface area contributed by atoms with E-state index in [1.165, 1.54) is 55.4 Å². The fourth-order valence-electron chi connectivity index (χ4n) is 11.6. The number of nitrogens with two attached hydrogens (primary N) is 1. The number of halogens is 6. The summed E-state index contributed by atoms with van der Waals surface area (Å²) in [4.78, 5) is 94.3. The van der Waals surface area contributed by atoms with Gasteiger partial charge in [0.2, 0.25) is 29.0 Å². The largest absolute Gasteiger partial charge is 1.00 e. The van der Waals surface area contributed by atoms with Gasteiger partial charge < -0.3 is 58.3 Å². The number of allylic oxidation sites excluding steroid dienone is 8. The van der Waals surface area contributed by atoms with Crippen molar-refractivity contribution < 1.29 is 135 Å². The Morgan fingerprint density at radius 3 is 1.70 bits per heavy atom. The molecule has 1 saturated carbocycles. The van der Waals surface area contributed by atoms with Crippen LogP contribution in [0.15, 0.2) is 237 Å². The normalized spacial score (nSPS) is 19.9. The Hall–Kier alpha value is -8.53. The number of aliphatic hydroxyl groups is 2. The van der Waals surface area contributed by atoms with Crippen LogP contribution in [0.3, 0.4) is 0 Å². The van der Waals surface area contributed by atoms with Crippen LogP contribution in [0.25, 0.3) is 33.5 Å². The summed E-state index contributed by atoms with van der Waals surface area (Å²) in [6, 6.07) is 18.2. The Kier molecular flexibility index (Phi) is 35.7. The second-order valence-electron chi connectivity index (χ2n) is 25.2. The number of isocyanates is 1. The van der Waals surface area contributed by atoms with Crippen molar-refractivity contribution in [3.63, 3.8) is 0 Å². The number of aryl methyl sites for hydroxylation is 3. The number of aromatic amines is 1. The third-order valence-corrected chi connectivity index (χ3v) is 23.3. The molecule has 6 aromatic heterocycles. The van der Waals surface area contributed by atoms with Gasteiger partial charge in [-0.25, -0.2) is 59.0 Å². The second-order valence-corrected chi connectivity index (χ2v) is 35.2. The number of carbonyl (C=O) groups excluding carboxylic acids is 4. The SMILES string of the molecule is C=C1C(C(=O)NS(=O)(=O)c2ccc(C)cc2)C=CC1n1cnc2c(Cl)nc(Cl)nc21.C=C1C=CC2C1C(=O)N2S(=O)(=O)c1ccc(C)cc1.C=C1C=CC2NC(=O)C12.C=C1C=CC=C1.C=C1[C@H](CO)[C@@H](O)C[C@@H]1n1cnc2c(=O)[nH]c(N)nc21.Cc1ccc(S(=O)(=O)Cl)cc1.Clc1nc(Cl)c2nc[n-]c2n1.O=C=NS(=O)(=O)Cl.O=[S-](=O)[O-].[Na+].[Na+]. The van der Waals surface area contributed by atoms with Crippen LogP contribution < -0.4 is 85.4 Å². The Bertz CT molecular complexity index is 6260. The van der Waals surface area contributed by atoms with E-state index in [0.717, 1.165) is 38.2 Å². The number of fused-ring (bicyclic) bond motifs is 5. The first kappa shape index (κ1) is 99.3. The fourth-order valence-corrected chi connectivity index (χ4v) is 16.0. The molecule has 2 saturated heterocycles. The maximum atomic E-state index is 12.7. The second kappa shape index (κ2) is 42.8. The molecule has 2 aliphatic heterocycles. The van der Waals surface area contributed by atoms with Gasteiger partial charge in [0.1, 0.15) is 10.7 Å². The van der Waals surface area contributed by atoms with Crippen LogP contribution in [-0.2, 0) is 76.9 Å². The summed E-state index contributed by atoms with van der Waals surface area (Å²) in [6.45, 7) is 24.5. The predicted molar refractivity (Wildman–Crippen MR) is 434 cm³/mol. The summed E-state index contributed by atoms with van der Waals surface area (Å²) in [6.07, 6.45) is 23.3. The number of rotatable bonds is 10. The number of anilines is 1. The predicted octanol–water partition coefficient (Wildman–Crippen LogP) is 2.39. The topological polar surface area (TPSA) is 528 Å². The van der Waals surface area contributed by atoms with Crippen molar-refractivity contribution in [2.75, 3.05) is 12.3 Å². The van der Waals surface area contributed by atoms with E-state index >= 15 is 0 Å². The number of nitrogens with zero attached hydrogens (tertiary/aromatic N) is 13. The number of nitrogen functional groups attached to an aromatic ring is 1. The molecule has 616 valence electrons. The summed E-state index contributed by atoms with van der Waals surface area (Å²) < 4.78 is 124. The van der Waals surface area contributed by atoms with Gasteiger partial charge in [0.15, 0.2) is 27.2 Å². The number of aromatic nitrogens is 12. The summed E-state index contributed by atoms with van der Waals surface area (Å²) in [7, 11) is -8.96. The first-order valence-corrected chi connectivity index (χ1v) is 43.2. The van der Waals surface area contributed by atoms with Gasteiger partial charge in [0, 0.05) is 38.4 Å². The average Bonchev–Trinajstić information content (AvgIpc) is 1.59. The Balaban J connectivity index is 0.000000220. The average molecular weight is 1860 g/mol. The maximum absolute atomic E-state index is 12.7. The Morgan fingerprint density at radius 2 is 1.20 bits per heavy atom. The van der Waals surface area contributed by atoms with Gasteiger partial charge >= 0.3 is 68.4 Å².